The van der Waals surface area contributed by atoms with Crippen LogP contribution in [0.25, 0.3) is 0 Å². The second-order valence-electron chi connectivity index (χ2n) is 5.45. The highest BCUT2D eigenvalue weighted by Crippen LogP contribution is 2.28. The maximum atomic E-state index is 5.72. The van der Waals surface area contributed by atoms with E-state index in [1.54, 1.807) is 11.3 Å². The molecule has 3 rings (SSSR count). The normalized spacial score (nSPS) is 28.1. The molecule has 2 aliphatic heterocycles. The minimum atomic E-state index is 0. The van der Waals surface area contributed by atoms with E-state index in [1.807, 2.05) is 6.20 Å². The molecule has 2 atom stereocenters. The molecule has 1 aromatic rings. The van der Waals surface area contributed by atoms with Crippen LogP contribution in [0, 0.1) is 0 Å². The highest BCUT2D eigenvalue weighted by Gasteiger charge is 2.35. The Morgan fingerprint density at radius 3 is 3.00 bits per heavy atom. The number of aromatic nitrogens is 1. The summed E-state index contributed by atoms with van der Waals surface area (Å²) in [6.45, 7) is 7.10. The Bertz CT molecular complexity index is 411. The molecule has 2 N–H and O–H groups in total. The van der Waals surface area contributed by atoms with Gasteiger partial charge in [0, 0.05) is 42.8 Å². The molecule has 0 spiro atoms. The van der Waals surface area contributed by atoms with Gasteiger partial charge in [-0.2, -0.15) is 0 Å². The van der Waals surface area contributed by atoms with Gasteiger partial charge in [-0.05, 0) is 25.8 Å². The molecule has 19 heavy (non-hydrogen) atoms. The lowest BCUT2D eigenvalue weighted by atomic mass is 10.1. The third kappa shape index (κ3) is 3.21. The fourth-order valence-corrected chi connectivity index (χ4v) is 4.03. The zero-order chi connectivity index (χ0) is 12.5. The predicted octanol–water partition coefficient (Wildman–Crippen LogP) is 2.21. The molecule has 6 heteroatoms. The van der Waals surface area contributed by atoms with Gasteiger partial charge >= 0.3 is 0 Å². The quantitative estimate of drug-likeness (QED) is 0.930. The van der Waals surface area contributed by atoms with Gasteiger partial charge < -0.3 is 5.73 Å². The highest BCUT2D eigenvalue weighted by atomic mass is 35.5. The number of halogens is 1. The lowest BCUT2D eigenvalue weighted by molar-refractivity contribution is 0.0443. The van der Waals surface area contributed by atoms with E-state index in [4.69, 9.17) is 5.73 Å². The molecule has 2 fully saturated rings. The average Bonchev–Trinajstić information content (AvgIpc) is 2.97. The topological polar surface area (TPSA) is 45.4 Å². The van der Waals surface area contributed by atoms with E-state index in [0.717, 1.165) is 12.6 Å². The van der Waals surface area contributed by atoms with Crippen molar-refractivity contribution < 1.29 is 0 Å². The van der Waals surface area contributed by atoms with Crippen molar-refractivity contribution in [2.75, 3.05) is 25.4 Å². The van der Waals surface area contributed by atoms with Gasteiger partial charge in [-0.15, -0.1) is 23.7 Å². The Morgan fingerprint density at radius 1 is 1.47 bits per heavy atom. The second-order valence-corrected chi connectivity index (χ2v) is 6.59. The number of fused-ring (bicyclic) bond motifs is 1. The summed E-state index contributed by atoms with van der Waals surface area (Å²) in [7, 11) is 0. The zero-order valence-corrected chi connectivity index (χ0v) is 13.1. The van der Waals surface area contributed by atoms with Crippen LogP contribution in [0.15, 0.2) is 6.20 Å². The van der Waals surface area contributed by atoms with Crippen LogP contribution < -0.4 is 5.73 Å². The number of hydrogen-bond acceptors (Lipinski definition) is 5. The maximum Gasteiger partial charge on any atom is 0.180 e. The van der Waals surface area contributed by atoms with Gasteiger partial charge in [0.25, 0.3) is 0 Å². The minimum absolute atomic E-state index is 0. The number of anilines is 1. The number of rotatable bonds is 3. The van der Waals surface area contributed by atoms with Crippen LogP contribution in [-0.2, 0) is 6.54 Å². The van der Waals surface area contributed by atoms with E-state index < -0.39 is 0 Å². The Labute approximate surface area is 125 Å². The van der Waals surface area contributed by atoms with Gasteiger partial charge in [0.1, 0.15) is 0 Å². The van der Waals surface area contributed by atoms with Gasteiger partial charge in [-0.1, -0.05) is 6.92 Å². The number of hydrogen-bond donors (Lipinski definition) is 1. The summed E-state index contributed by atoms with van der Waals surface area (Å²) in [4.78, 5) is 10.8. The molecule has 108 valence electrons. The monoisotopic (exact) mass is 302 g/mol. The summed E-state index contributed by atoms with van der Waals surface area (Å²) in [6.07, 6.45) is 5.92. The minimum Gasteiger partial charge on any atom is -0.375 e. The van der Waals surface area contributed by atoms with Crippen LogP contribution in [0.4, 0.5) is 5.13 Å². The molecule has 0 aliphatic carbocycles. The number of thiazole rings is 1. The van der Waals surface area contributed by atoms with E-state index in [9.17, 15) is 0 Å². The second kappa shape index (κ2) is 6.39. The molecule has 0 radical (unpaired) electrons. The first kappa shape index (κ1) is 15.0. The van der Waals surface area contributed by atoms with Crippen LogP contribution in [0.5, 0.6) is 0 Å². The molecule has 4 nitrogen and oxygen atoms in total. The van der Waals surface area contributed by atoms with Crippen molar-refractivity contribution in [1.82, 2.24) is 14.8 Å². The highest BCUT2D eigenvalue weighted by molar-refractivity contribution is 7.15. The first-order valence-corrected chi connectivity index (χ1v) is 7.76. The van der Waals surface area contributed by atoms with E-state index >= 15 is 0 Å². The number of nitrogen functional groups attached to an aromatic ring is 1. The molecule has 2 saturated heterocycles. The standard InChI is InChI=1S/C13H22N4S.ClH/c1-2-10-7-16-5-3-4-11(16)8-17(10)9-12-6-15-13(14)18-12;/h6,10-11H,2-5,7-9H2,1H3,(H2,14,15);1H. The Kier molecular flexibility index (Phi) is 5.06. The van der Waals surface area contributed by atoms with E-state index in [1.165, 1.54) is 43.8 Å². The summed E-state index contributed by atoms with van der Waals surface area (Å²) >= 11 is 1.63. The molecule has 3 heterocycles. The van der Waals surface area contributed by atoms with Crippen LogP contribution in [0.2, 0.25) is 0 Å². The van der Waals surface area contributed by atoms with Crippen LogP contribution >= 0.6 is 23.7 Å². The SMILES string of the molecule is CCC1CN2CCCC2CN1Cc1cnc(N)s1.Cl. The van der Waals surface area contributed by atoms with Crippen molar-refractivity contribution in [1.29, 1.82) is 0 Å². The van der Waals surface area contributed by atoms with Crippen molar-refractivity contribution in [2.24, 2.45) is 0 Å². The van der Waals surface area contributed by atoms with Crippen LogP contribution in [0.1, 0.15) is 31.1 Å². The van der Waals surface area contributed by atoms with E-state index in [2.05, 4.69) is 21.7 Å². The fourth-order valence-electron chi connectivity index (χ4n) is 3.33. The van der Waals surface area contributed by atoms with Crippen LogP contribution in [-0.4, -0.2) is 46.5 Å². The molecular formula is C13H23ClN4S. The van der Waals surface area contributed by atoms with E-state index in [-0.39, 0.29) is 12.4 Å². The van der Waals surface area contributed by atoms with Crippen molar-refractivity contribution in [3.63, 3.8) is 0 Å². The molecule has 0 saturated carbocycles. The molecule has 0 amide bonds. The number of nitrogens with zero attached hydrogens (tertiary/aromatic N) is 3. The largest absolute Gasteiger partial charge is 0.375 e. The lowest BCUT2D eigenvalue weighted by Crippen LogP contribution is -2.55. The van der Waals surface area contributed by atoms with Crippen molar-refractivity contribution >= 4 is 28.9 Å². The zero-order valence-electron chi connectivity index (χ0n) is 11.4. The first-order chi connectivity index (χ1) is 8.76. The van der Waals surface area contributed by atoms with Gasteiger partial charge in [0.15, 0.2) is 5.13 Å². The summed E-state index contributed by atoms with van der Waals surface area (Å²) in [6, 6.07) is 1.49. The lowest BCUT2D eigenvalue weighted by Gasteiger charge is -2.43. The predicted molar refractivity (Wildman–Crippen MR) is 82.9 cm³/mol. The Balaban J connectivity index is 0.00000133. The van der Waals surface area contributed by atoms with Crippen molar-refractivity contribution in [3.05, 3.63) is 11.1 Å². The summed E-state index contributed by atoms with van der Waals surface area (Å²) in [5.41, 5.74) is 5.72. The van der Waals surface area contributed by atoms with Gasteiger partial charge in [-0.3, -0.25) is 9.80 Å². The van der Waals surface area contributed by atoms with Crippen molar-refractivity contribution in [3.8, 4) is 0 Å². The molecule has 0 aromatic carbocycles. The molecule has 2 unspecified atom stereocenters. The maximum absolute atomic E-state index is 5.72. The first-order valence-electron chi connectivity index (χ1n) is 6.94. The number of piperazine rings is 1. The fraction of sp³-hybridized carbons (Fsp3) is 0.769. The summed E-state index contributed by atoms with van der Waals surface area (Å²) in [5.74, 6) is 0. The van der Waals surface area contributed by atoms with Crippen LogP contribution in [0.3, 0.4) is 0 Å². The number of nitrogens with two attached hydrogens (primary N) is 1. The van der Waals surface area contributed by atoms with Gasteiger partial charge in [0.2, 0.25) is 0 Å². The molecule has 2 aliphatic rings. The molecule has 0 bridgehead atoms. The van der Waals surface area contributed by atoms with E-state index in [0.29, 0.717) is 11.2 Å². The third-order valence-corrected chi connectivity index (χ3v) is 5.12. The van der Waals surface area contributed by atoms with Crippen molar-refractivity contribution in [2.45, 2.75) is 44.8 Å². The summed E-state index contributed by atoms with van der Waals surface area (Å²) < 4.78 is 0. The van der Waals surface area contributed by atoms with Gasteiger partial charge in [0.05, 0.1) is 0 Å². The molecule has 1 aromatic heterocycles. The van der Waals surface area contributed by atoms with Gasteiger partial charge in [-0.25, -0.2) is 4.98 Å². The summed E-state index contributed by atoms with van der Waals surface area (Å²) in [5, 5.41) is 0.692. The smallest absolute Gasteiger partial charge is 0.180 e. The Hall–Kier alpha value is -0.360. The third-order valence-electron chi connectivity index (χ3n) is 4.31. The average molecular weight is 303 g/mol. The molecular weight excluding hydrogens is 280 g/mol. The Morgan fingerprint density at radius 2 is 2.32 bits per heavy atom.